The Hall–Kier alpha value is -2.44. The number of rotatable bonds is 4. The zero-order valence-electron chi connectivity index (χ0n) is 13.4. The third-order valence-corrected chi connectivity index (χ3v) is 4.29. The van der Waals surface area contributed by atoms with Crippen LogP contribution in [0.5, 0.6) is 5.75 Å². The van der Waals surface area contributed by atoms with Gasteiger partial charge in [-0.3, -0.25) is 4.79 Å². The van der Waals surface area contributed by atoms with Crippen molar-refractivity contribution in [2.24, 2.45) is 0 Å². The average Bonchev–Trinajstić information content (AvgIpc) is 3.08. The van der Waals surface area contributed by atoms with Crippen LogP contribution in [0.2, 0.25) is 0 Å². The van der Waals surface area contributed by atoms with E-state index >= 15 is 0 Å². The number of hydrogen-bond donors (Lipinski definition) is 0. The highest BCUT2D eigenvalue weighted by atomic mass is 16.5. The van der Waals surface area contributed by atoms with Crippen LogP contribution >= 0.6 is 0 Å². The molecule has 1 aliphatic heterocycles. The summed E-state index contributed by atoms with van der Waals surface area (Å²) >= 11 is 0. The van der Waals surface area contributed by atoms with Gasteiger partial charge in [-0.05, 0) is 67.8 Å². The molecule has 0 spiro atoms. The Morgan fingerprint density at radius 1 is 1.22 bits per heavy atom. The third kappa shape index (κ3) is 3.49. The quantitative estimate of drug-likeness (QED) is 0.860. The molecule has 0 N–H and O–H groups in total. The van der Waals surface area contributed by atoms with Gasteiger partial charge in [-0.2, -0.15) is 0 Å². The lowest BCUT2D eigenvalue weighted by Gasteiger charge is -2.38. The van der Waals surface area contributed by atoms with E-state index in [1.807, 2.05) is 29.2 Å². The summed E-state index contributed by atoms with van der Waals surface area (Å²) in [4.78, 5) is 14.4. The van der Waals surface area contributed by atoms with Gasteiger partial charge in [-0.25, -0.2) is 4.68 Å². The van der Waals surface area contributed by atoms with Gasteiger partial charge < -0.3 is 9.64 Å². The molecular formula is C16H21N5O2. The fourth-order valence-electron chi connectivity index (χ4n) is 3.11. The fourth-order valence-corrected chi connectivity index (χ4v) is 3.11. The van der Waals surface area contributed by atoms with Crippen molar-refractivity contribution < 1.29 is 9.53 Å². The summed E-state index contributed by atoms with van der Waals surface area (Å²) in [6.45, 7) is 4.28. The van der Waals surface area contributed by atoms with Crippen molar-refractivity contribution in [3.8, 4) is 11.4 Å². The molecular weight excluding hydrogens is 294 g/mol. The normalized spacial score (nSPS) is 21.2. The third-order valence-electron chi connectivity index (χ3n) is 4.29. The summed E-state index contributed by atoms with van der Waals surface area (Å²) in [5.74, 6) is 0.710. The molecule has 0 bridgehead atoms. The number of amides is 1. The second kappa shape index (κ2) is 6.76. The molecule has 122 valence electrons. The molecule has 3 rings (SSSR count). The van der Waals surface area contributed by atoms with Gasteiger partial charge in [0.2, 0.25) is 0 Å². The molecule has 1 saturated heterocycles. The summed E-state index contributed by atoms with van der Waals surface area (Å²) in [6.07, 6.45) is 4.84. The highest BCUT2D eigenvalue weighted by molar-refractivity contribution is 5.78. The van der Waals surface area contributed by atoms with Crippen LogP contribution in [-0.4, -0.2) is 49.7 Å². The maximum absolute atomic E-state index is 12.4. The Bertz CT molecular complexity index is 631. The van der Waals surface area contributed by atoms with Gasteiger partial charge >= 0.3 is 0 Å². The first-order valence-corrected chi connectivity index (χ1v) is 7.92. The van der Waals surface area contributed by atoms with Crippen LogP contribution in [0.4, 0.5) is 0 Å². The minimum atomic E-state index is 0.0502. The minimum Gasteiger partial charge on any atom is -0.484 e. The van der Waals surface area contributed by atoms with Crippen molar-refractivity contribution in [3.63, 3.8) is 0 Å². The molecule has 0 unspecified atom stereocenters. The van der Waals surface area contributed by atoms with Crippen molar-refractivity contribution >= 4 is 5.91 Å². The highest BCUT2D eigenvalue weighted by Gasteiger charge is 2.28. The second-order valence-corrected chi connectivity index (χ2v) is 5.97. The highest BCUT2D eigenvalue weighted by Crippen LogP contribution is 2.23. The maximum atomic E-state index is 12.4. The van der Waals surface area contributed by atoms with E-state index in [1.54, 1.807) is 4.68 Å². The molecule has 2 heterocycles. The number of hydrogen-bond acceptors (Lipinski definition) is 5. The van der Waals surface area contributed by atoms with Gasteiger partial charge in [0.15, 0.2) is 6.61 Å². The number of carbonyl (C=O) groups is 1. The molecule has 7 heteroatoms. The van der Waals surface area contributed by atoms with Gasteiger partial charge in [0, 0.05) is 12.1 Å². The monoisotopic (exact) mass is 315 g/mol. The molecule has 23 heavy (non-hydrogen) atoms. The van der Waals surface area contributed by atoms with Crippen LogP contribution in [0.25, 0.3) is 5.69 Å². The first-order chi connectivity index (χ1) is 11.1. The number of nitrogens with zero attached hydrogens (tertiary/aromatic N) is 5. The molecule has 7 nitrogen and oxygen atoms in total. The predicted octanol–water partition coefficient (Wildman–Crippen LogP) is 1.83. The molecule has 1 aromatic heterocycles. The van der Waals surface area contributed by atoms with Crippen LogP contribution in [0, 0.1) is 0 Å². The maximum Gasteiger partial charge on any atom is 0.260 e. The van der Waals surface area contributed by atoms with Crippen molar-refractivity contribution in [2.45, 2.75) is 45.2 Å². The van der Waals surface area contributed by atoms with Gasteiger partial charge in [-0.1, -0.05) is 0 Å². The van der Waals surface area contributed by atoms with E-state index in [2.05, 4.69) is 29.4 Å². The number of carbonyl (C=O) groups excluding carboxylic acids is 1. The molecule has 1 aromatic carbocycles. The number of piperidine rings is 1. The van der Waals surface area contributed by atoms with E-state index < -0.39 is 0 Å². The van der Waals surface area contributed by atoms with Gasteiger partial charge in [-0.15, -0.1) is 5.10 Å². The first kappa shape index (κ1) is 15.5. The molecule has 2 atom stereocenters. The largest absolute Gasteiger partial charge is 0.484 e. The fraction of sp³-hybridized carbons (Fsp3) is 0.500. The Morgan fingerprint density at radius 3 is 2.52 bits per heavy atom. The molecule has 0 aliphatic carbocycles. The lowest BCUT2D eigenvalue weighted by atomic mass is 9.97. The second-order valence-electron chi connectivity index (χ2n) is 5.97. The van der Waals surface area contributed by atoms with Crippen LogP contribution < -0.4 is 4.74 Å². The number of likely N-dealkylation sites (tertiary alicyclic amines) is 1. The smallest absolute Gasteiger partial charge is 0.260 e. The molecule has 0 radical (unpaired) electrons. The molecule has 2 aromatic rings. The number of benzene rings is 1. The van der Waals surface area contributed by atoms with E-state index in [0.717, 1.165) is 18.5 Å². The zero-order chi connectivity index (χ0) is 16.2. The SMILES string of the molecule is C[C@@H]1CCC[C@H](C)N1C(=O)COc1ccc(-n2cnnn2)cc1. The molecule has 1 aliphatic rings. The molecule has 1 fully saturated rings. The van der Waals surface area contributed by atoms with Crippen LogP contribution in [0.15, 0.2) is 30.6 Å². The van der Waals surface area contributed by atoms with E-state index in [9.17, 15) is 4.79 Å². The van der Waals surface area contributed by atoms with Crippen molar-refractivity contribution in [2.75, 3.05) is 6.61 Å². The average molecular weight is 315 g/mol. The topological polar surface area (TPSA) is 73.1 Å². The number of aromatic nitrogens is 4. The van der Waals surface area contributed by atoms with Crippen molar-refractivity contribution in [3.05, 3.63) is 30.6 Å². The summed E-state index contributed by atoms with van der Waals surface area (Å²) in [5, 5.41) is 11.0. The summed E-state index contributed by atoms with van der Waals surface area (Å²) in [5.41, 5.74) is 0.840. The van der Waals surface area contributed by atoms with Crippen molar-refractivity contribution in [1.29, 1.82) is 0 Å². The van der Waals surface area contributed by atoms with Gasteiger partial charge in [0.05, 0.1) is 5.69 Å². The van der Waals surface area contributed by atoms with E-state index in [-0.39, 0.29) is 24.6 Å². The lowest BCUT2D eigenvalue weighted by Crippen LogP contribution is -2.49. The number of ether oxygens (including phenoxy) is 1. The van der Waals surface area contributed by atoms with E-state index in [0.29, 0.717) is 5.75 Å². The van der Waals surface area contributed by atoms with E-state index in [4.69, 9.17) is 4.74 Å². The standard InChI is InChI=1S/C16H21N5O2/c1-12-4-3-5-13(2)21(12)16(22)10-23-15-8-6-14(7-9-15)20-11-17-18-19-20/h6-9,11-13H,3-5,10H2,1-2H3/t12-,13+. The zero-order valence-corrected chi connectivity index (χ0v) is 13.4. The van der Waals surface area contributed by atoms with Crippen LogP contribution in [0.1, 0.15) is 33.1 Å². The predicted molar refractivity (Wildman–Crippen MR) is 84.3 cm³/mol. The lowest BCUT2D eigenvalue weighted by molar-refractivity contribution is -0.139. The van der Waals surface area contributed by atoms with Gasteiger partial charge in [0.1, 0.15) is 12.1 Å². The van der Waals surface area contributed by atoms with Crippen LogP contribution in [-0.2, 0) is 4.79 Å². The Labute approximate surface area is 135 Å². The summed E-state index contributed by atoms with van der Waals surface area (Å²) in [6, 6.07) is 7.90. The Balaban J connectivity index is 1.58. The molecule has 1 amide bonds. The first-order valence-electron chi connectivity index (χ1n) is 7.92. The Kier molecular flexibility index (Phi) is 4.55. The van der Waals surface area contributed by atoms with Crippen molar-refractivity contribution in [1.82, 2.24) is 25.1 Å². The summed E-state index contributed by atoms with van der Waals surface area (Å²) < 4.78 is 7.20. The van der Waals surface area contributed by atoms with E-state index in [1.165, 1.54) is 12.7 Å². The minimum absolute atomic E-state index is 0.0502. The Morgan fingerprint density at radius 2 is 1.91 bits per heavy atom. The van der Waals surface area contributed by atoms with Crippen LogP contribution in [0.3, 0.4) is 0 Å². The number of tetrazole rings is 1. The molecule has 0 saturated carbocycles. The van der Waals surface area contributed by atoms with Gasteiger partial charge in [0.25, 0.3) is 5.91 Å². The summed E-state index contributed by atoms with van der Waals surface area (Å²) in [7, 11) is 0.